The lowest BCUT2D eigenvalue weighted by atomic mass is 10.1. The third-order valence-corrected chi connectivity index (χ3v) is 3.96. The molecule has 0 aromatic heterocycles. The molecule has 1 N–H and O–H groups in total. The number of nitrogens with one attached hydrogen (secondary N) is 1. The molecule has 0 aliphatic carbocycles. The van der Waals surface area contributed by atoms with Crippen LogP contribution in [-0.4, -0.2) is 13.0 Å². The summed E-state index contributed by atoms with van der Waals surface area (Å²) in [5, 5.41) is 3.53. The molecule has 0 spiro atoms. The molecule has 116 valence electrons. The van der Waals surface area contributed by atoms with Gasteiger partial charge in [0.2, 0.25) is 5.91 Å². The number of anilines is 1. The molecule has 22 heavy (non-hydrogen) atoms. The molecule has 0 radical (unpaired) electrons. The molecule has 0 unspecified atom stereocenters. The average molecular weight is 318 g/mol. The fourth-order valence-corrected chi connectivity index (χ4v) is 2.43. The summed E-state index contributed by atoms with van der Waals surface area (Å²) in [4.78, 5) is 12.0. The van der Waals surface area contributed by atoms with E-state index in [-0.39, 0.29) is 5.91 Å². The van der Waals surface area contributed by atoms with Crippen molar-refractivity contribution in [3.05, 3.63) is 58.1 Å². The molecular weight excluding hydrogens is 298 g/mol. The molecule has 0 bridgehead atoms. The maximum absolute atomic E-state index is 12.0. The van der Waals surface area contributed by atoms with Crippen LogP contribution in [-0.2, 0) is 11.2 Å². The normalized spacial score (nSPS) is 10.4. The van der Waals surface area contributed by atoms with Crippen LogP contribution < -0.4 is 10.1 Å². The van der Waals surface area contributed by atoms with Crippen LogP contribution in [0, 0.1) is 13.8 Å². The van der Waals surface area contributed by atoms with Crippen LogP contribution >= 0.6 is 11.6 Å². The fraction of sp³-hybridized carbons (Fsp3) is 0.278. The van der Waals surface area contributed by atoms with Gasteiger partial charge in [-0.3, -0.25) is 4.79 Å². The van der Waals surface area contributed by atoms with Crippen molar-refractivity contribution in [3.63, 3.8) is 0 Å². The first-order valence-electron chi connectivity index (χ1n) is 7.19. The molecule has 2 aromatic carbocycles. The van der Waals surface area contributed by atoms with E-state index in [4.69, 9.17) is 16.3 Å². The number of rotatable bonds is 5. The summed E-state index contributed by atoms with van der Waals surface area (Å²) in [6, 6.07) is 11.5. The summed E-state index contributed by atoms with van der Waals surface area (Å²) >= 11 is 6.05. The maximum Gasteiger partial charge on any atom is 0.224 e. The SMILES string of the molecule is COc1ccc(CCC(=O)Nc2ccc(C)c(Cl)c2)cc1C. The van der Waals surface area contributed by atoms with Gasteiger partial charge < -0.3 is 10.1 Å². The van der Waals surface area contributed by atoms with Crippen LogP contribution in [0.1, 0.15) is 23.1 Å². The Morgan fingerprint density at radius 1 is 1.14 bits per heavy atom. The van der Waals surface area contributed by atoms with Crippen LogP contribution in [0.15, 0.2) is 36.4 Å². The molecule has 0 aliphatic rings. The van der Waals surface area contributed by atoms with Crippen molar-refractivity contribution in [1.82, 2.24) is 0 Å². The van der Waals surface area contributed by atoms with Crippen LogP contribution in [0.25, 0.3) is 0 Å². The predicted octanol–water partition coefficient (Wildman–Crippen LogP) is 4.54. The molecule has 2 rings (SSSR count). The van der Waals surface area contributed by atoms with Crippen molar-refractivity contribution < 1.29 is 9.53 Å². The van der Waals surface area contributed by atoms with Gasteiger partial charge in [-0.15, -0.1) is 0 Å². The van der Waals surface area contributed by atoms with Crippen LogP contribution in [0.3, 0.4) is 0 Å². The van der Waals surface area contributed by atoms with Gasteiger partial charge in [-0.05, 0) is 55.2 Å². The van der Waals surface area contributed by atoms with Crippen molar-refractivity contribution in [1.29, 1.82) is 0 Å². The van der Waals surface area contributed by atoms with Crippen LogP contribution in [0.5, 0.6) is 5.75 Å². The highest BCUT2D eigenvalue weighted by Crippen LogP contribution is 2.21. The molecule has 0 heterocycles. The van der Waals surface area contributed by atoms with Gasteiger partial charge in [0.05, 0.1) is 7.11 Å². The summed E-state index contributed by atoms with van der Waals surface area (Å²) in [7, 11) is 1.65. The molecule has 0 fully saturated rings. The third-order valence-electron chi connectivity index (χ3n) is 3.56. The van der Waals surface area contributed by atoms with Gasteiger partial charge in [-0.25, -0.2) is 0 Å². The minimum absolute atomic E-state index is 0.0200. The lowest BCUT2D eigenvalue weighted by molar-refractivity contribution is -0.116. The van der Waals surface area contributed by atoms with E-state index in [0.717, 1.165) is 28.1 Å². The van der Waals surface area contributed by atoms with Gasteiger partial charge >= 0.3 is 0 Å². The second kappa shape index (κ2) is 7.32. The summed E-state index contributed by atoms with van der Waals surface area (Å²) in [5.41, 5.74) is 3.92. The molecule has 3 nitrogen and oxygen atoms in total. The quantitative estimate of drug-likeness (QED) is 0.879. The van der Waals surface area contributed by atoms with Gasteiger partial charge in [0.1, 0.15) is 5.75 Å². The topological polar surface area (TPSA) is 38.3 Å². The van der Waals surface area contributed by atoms with Gasteiger partial charge in [-0.1, -0.05) is 29.8 Å². The van der Waals surface area contributed by atoms with Crippen molar-refractivity contribution in [2.24, 2.45) is 0 Å². The third kappa shape index (κ3) is 4.25. The van der Waals surface area contributed by atoms with Crippen LogP contribution in [0.2, 0.25) is 5.02 Å². The predicted molar refractivity (Wildman–Crippen MR) is 90.9 cm³/mol. The number of aryl methyl sites for hydroxylation is 3. The van der Waals surface area contributed by atoms with E-state index in [9.17, 15) is 4.79 Å². The number of ether oxygens (including phenoxy) is 1. The first-order valence-corrected chi connectivity index (χ1v) is 7.57. The van der Waals surface area contributed by atoms with E-state index in [1.165, 1.54) is 0 Å². The Labute approximate surface area is 136 Å². The van der Waals surface area contributed by atoms with Crippen LogP contribution in [0.4, 0.5) is 5.69 Å². The van der Waals surface area contributed by atoms with E-state index >= 15 is 0 Å². The zero-order valence-corrected chi connectivity index (χ0v) is 13.8. The van der Waals surface area contributed by atoms with Crippen molar-refractivity contribution in [2.75, 3.05) is 12.4 Å². The number of hydrogen-bond donors (Lipinski definition) is 1. The number of methoxy groups -OCH3 is 1. The van der Waals surface area contributed by atoms with Crippen molar-refractivity contribution in [2.45, 2.75) is 26.7 Å². The second-order valence-electron chi connectivity index (χ2n) is 5.32. The fourth-order valence-electron chi connectivity index (χ4n) is 2.25. The first kappa shape index (κ1) is 16.4. The number of benzene rings is 2. The largest absolute Gasteiger partial charge is 0.496 e. The lowest BCUT2D eigenvalue weighted by Crippen LogP contribution is -2.12. The van der Waals surface area contributed by atoms with Gasteiger partial charge in [0.15, 0.2) is 0 Å². The van der Waals surface area contributed by atoms with E-state index in [0.29, 0.717) is 17.9 Å². The highest BCUT2D eigenvalue weighted by atomic mass is 35.5. The average Bonchev–Trinajstić information content (AvgIpc) is 2.49. The summed E-state index contributed by atoms with van der Waals surface area (Å²) in [5.74, 6) is 0.843. The first-order chi connectivity index (χ1) is 10.5. The molecule has 4 heteroatoms. The number of hydrogen-bond acceptors (Lipinski definition) is 2. The molecule has 0 saturated heterocycles. The zero-order valence-electron chi connectivity index (χ0n) is 13.1. The lowest BCUT2D eigenvalue weighted by Gasteiger charge is -2.09. The van der Waals surface area contributed by atoms with Gasteiger partial charge in [0, 0.05) is 17.1 Å². The number of carbonyl (C=O) groups is 1. The van der Waals surface area contributed by atoms with E-state index in [2.05, 4.69) is 11.4 Å². The maximum atomic E-state index is 12.0. The minimum atomic E-state index is -0.0200. The van der Waals surface area contributed by atoms with Crippen molar-refractivity contribution in [3.8, 4) is 5.75 Å². The molecule has 0 saturated carbocycles. The summed E-state index contributed by atoms with van der Waals surface area (Å²) < 4.78 is 5.23. The van der Waals surface area contributed by atoms with Gasteiger partial charge in [-0.2, -0.15) is 0 Å². The summed E-state index contributed by atoms with van der Waals surface area (Å²) in [6.07, 6.45) is 1.12. The van der Waals surface area contributed by atoms with Crippen molar-refractivity contribution >= 4 is 23.2 Å². The number of carbonyl (C=O) groups excluding carboxylic acids is 1. The monoisotopic (exact) mass is 317 g/mol. The zero-order chi connectivity index (χ0) is 16.1. The van der Waals surface area contributed by atoms with E-state index in [1.54, 1.807) is 13.2 Å². The Bertz CT molecular complexity index is 683. The van der Waals surface area contributed by atoms with Gasteiger partial charge in [0.25, 0.3) is 0 Å². The Kier molecular flexibility index (Phi) is 5.45. The highest BCUT2D eigenvalue weighted by molar-refractivity contribution is 6.31. The number of amides is 1. The Morgan fingerprint density at radius 2 is 1.91 bits per heavy atom. The van der Waals surface area contributed by atoms with E-state index < -0.39 is 0 Å². The molecule has 2 aromatic rings. The molecular formula is C18H20ClNO2. The molecule has 1 amide bonds. The Hall–Kier alpha value is -2.00. The Morgan fingerprint density at radius 3 is 2.55 bits per heavy atom. The smallest absolute Gasteiger partial charge is 0.224 e. The Balaban J connectivity index is 1.92. The standard InChI is InChI=1S/C18H20ClNO2/c1-12-4-7-15(11-16(12)19)20-18(21)9-6-14-5-8-17(22-3)13(2)10-14/h4-5,7-8,10-11H,6,9H2,1-3H3,(H,20,21). The van der Waals surface area contributed by atoms with E-state index in [1.807, 2.05) is 38.1 Å². The highest BCUT2D eigenvalue weighted by Gasteiger charge is 2.06. The number of halogens is 1. The second-order valence-corrected chi connectivity index (χ2v) is 5.72. The minimum Gasteiger partial charge on any atom is -0.496 e. The molecule has 0 atom stereocenters. The summed E-state index contributed by atoms with van der Waals surface area (Å²) in [6.45, 7) is 3.93. The molecule has 0 aliphatic heterocycles.